The van der Waals surface area contributed by atoms with Crippen LogP contribution in [0.1, 0.15) is 77.0 Å². The molecule has 0 heterocycles. The van der Waals surface area contributed by atoms with Crippen LogP contribution < -0.4 is 24.8 Å². The van der Waals surface area contributed by atoms with E-state index in [2.05, 4.69) is 138 Å². The van der Waals surface area contributed by atoms with Crippen molar-refractivity contribution in [2.24, 2.45) is 5.92 Å². The van der Waals surface area contributed by atoms with Crippen LogP contribution in [-0.4, -0.2) is 3.21 Å². The van der Waals surface area contributed by atoms with Crippen LogP contribution >= 0.6 is 0 Å². The number of aryl methyl sites for hydroxylation is 2. The predicted molar refractivity (Wildman–Crippen MR) is 169 cm³/mol. The summed E-state index contributed by atoms with van der Waals surface area (Å²) in [6.45, 7) is 11.7. The quantitative estimate of drug-likeness (QED) is 0.275. The summed E-state index contributed by atoms with van der Waals surface area (Å²) >= 11 is -2.76. The summed E-state index contributed by atoms with van der Waals surface area (Å²) in [5.74, 6) is 0.545. The summed E-state index contributed by atoms with van der Waals surface area (Å²) in [7, 11) is 0. The second-order valence-corrected chi connectivity index (χ2v) is 17.4. The van der Waals surface area contributed by atoms with Gasteiger partial charge in [0.15, 0.2) is 0 Å². The van der Waals surface area contributed by atoms with Crippen molar-refractivity contribution >= 4 is 3.21 Å². The second kappa shape index (κ2) is 14.0. The van der Waals surface area contributed by atoms with E-state index in [0.717, 1.165) is 12.8 Å². The van der Waals surface area contributed by atoms with E-state index in [9.17, 15) is 0 Å². The molecule has 1 unspecified atom stereocenters. The van der Waals surface area contributed by atoms with Gasteiger partial charge in [0.05, 0.1) is 0 Å². The van der Waals surface area contributed by atoms with Crippen molar-refractivity contribution in [1.82, 2.24) is 0 Å². The molecule has 214 valence electrons. The SMILES string of the molecule is CCC1=CC(CC)[C]([Zr+2](=[C](c2ccccc2)c2ccccc2)[CH]2c3cc(C)ccc3-c3ccc(C)cc32)=C1CC.[Cl-].[Cl-]. The maximum Gasteiger partial charge on any atom is -1.00 e. The molecule has 0 N–H and O–H groups in total. The van der Waals surface area contributed by atoms with Gasteiger partial charge >= 0.3 is 250 Å². The maximum absolute atomic E-state index is 2.76. The van der Waals surface area contributed by atoms with Crippen molar-refractivity contribution in [1.29, 1.82) is 0 Å². The zero-order valence-corrected chi connectivity index (χ0v) is 29.3. The first kappa shape index (κ1) is 32.6. The van der Waals surface area contributed by atoms with E-state index in [4.69, 9.17) is 0 Å². The van der Waals surface area contributed by atoms with Crippen molar-refractivity contribution in [3.8, 4) is 11.1 Å². The van der Waals surface area contributed by atoms with Gasteiger partial charge in [-0.3, -0.25) is 0 Å². The fraction of sp³-hybridized carbons (Fsp3) is 0.256. The molecule has 0 saturated heterocycles. The molecule has 0 radical (unpaired) electrons. The van der Waals surface area contributed by atoms with Crippen LogP contribution in [0, 0.1) is 19.8 Å². The third kappa shape index (κ3) is 5.78. The van der Waals surface area contributed by atoms with Crippen LogP contribution in [0.15, 0.2) is 118 Å². The Labute approximate surface area is 273 Å². The number of hydrogen-bond donors (Lipinski definition) is 0. The van der Waals surface area contributed by atoms with Crippen molar-refractivity contribution < 1.29 is 46.1 Å². The van der Waals surface area contributed by atoms with Gasteiger partial charge in [-0.05, 0) is 0 Å². The number of benzene rings is 4. The Bertz CT molecular complexity index is 1570. The Balaban J connectivity index is 0.00000202. The van der Waals surface area contributed by atoms with E-state index >= 15 is 0 Å². The van der Waals surface area contributed by atoms with Crippen molar-refractivity contribution in [3.63, 3.8) is 0 Å². The summed E-state index contributed by atoms with van der Waals surface area (Å²) in [6, 6.07) is 37.3. The smallest absolute Gasteiger partial charge is 1.00 e. The largest absolute Gasteiger partial charge is 1.00 e. The van der Waals surface area contributed by atoms with Gasteiger partial charge in [-0.25, -0.2) is 0 Å². The molecule has 0 aromatic heterocycles. The first-order valence-electron chi connectivity index (χ1n) is 15.1. The minimum Gasteiger partial charge on any atom is -1.00 e. The zero-order valence-electron chi connectivity index (χ0n) is 25.3. The summed E-state index contributed by atoms with van der Waals surface area (Å²) in [5, 5.41) is 0. The van der Waals surface area contributed by atoms with Crippen molar-refractivity contribution in [2.45, 2.75) is 57.5 Å². The number of hydrogen-bond acceptors (Lipinski definition) is 0. The molecule has 4 aromatic carbocycles. The molecule has 0 bridgehead atoms. The molecule has 1 atom stereocenters. The average Bonchev–Trinajstić information content (AvgIpc) is 3.50. The molecule has 2 aliphatic carbocycles. The molecular weight excluding hydrogens is 631 g/mol. The molecule has 0 amide bonds. The predicted octanol–water partition coefficient (Wildman–Crippen LogP) is 4.31. The summed E-state index contributed by atoms with van der Waals surface area (Å²) in [5.41, 5.74) is 14.9. The number of rotatable bonds is 7. The van der Waals surface area contributed by atoms with Crippen LogP contribution in [0.5, 0.6) is 0 Å². The van der Waals surface area contributed by atoms with Gasteiger partial charge < -0.3 is 24.8 Å². The zero-order chi connectivity index (χ0) is 27.8. The number of halogens is 2. The molecule has 2 aliphatic rings. The molecule has 6 rings (SSSR count). The minimum atomic E-state index is -2.76. The van der Waals surface area contributed by atoms with E-state index in [1.165, 1.54) is 39.8 Å². The average molecular weight is 671 g/mol. The topological polar surface area (TPSA) is 0 Å². The van der Waals surface area contributed by atoms with Gasteiger partial charge in [0.25, 0.3) is 0 Å². The Morgan fingerprint density at radius 1 is 0.643 bits per heavy atom. The number of fused-ring (bicyclic) bond motifs is 3. The molecule has 0 spiro atoms. The van der Waals surface area contributed by atoms with Crippen LogP contribution in [-0.2, 0) is 21.3 Å². The molecule has 0 aliphatic heterocycles. The molecule has 0 fully saturated rings. The first-order valence-corrected chi connectivity index (χ1v) is 18.9. The van der Waals surface area contributed by atoms with Crippen LogP contribution in [0.3, 0.4) is 0 Å². The summed E-state index contributed by atoms with van der Waals surface area (Å²) in [6.07, 6.45) is 6.09. The van der Waals surface area contributed by atoms with E-state index < -0.39 is 21.3 Å². The third-order valence-electron chi connectivity index (χ3n) is 8.96. The van der Waals surface area contributed by atoms with Crippen molar-refractivity contribution in [3.05, 3.63) is 151 Å². The maximum atomic E-state index is 2.66. The first-order chi connectivity index (χ1) is 19.5. The van der Waals surface area contributed by atoms with E-state index in [1.807, 2.05) is 3.28 Å². The number of allylic oxidation sites excluding steroid dienone is 4. The minimum absolute atomic E-state index is 0. The second-order valence-electron chi connectivity index (χ2n) is 11.4. The van der Waals surface area contributed by atoms with Gasteiger partial charge in [-0.15, -0.1) is 0 Å². The fourth-order valence-electron chi connectivity index (χ4n) is 7.19. The van der Waals surface area contributed by atoms with E-state index in [-0.39, 0.29) is 24.8 Å². The fourth-order valence-corrected chi connectivity index (χ4v) is 17.7. The van der Waals surface area contributed by atoms with Gasteiger partial charge in [-0.2, -0.15) is 0 Å². The Morgan fingerprint density at radius 2 is 1.14 bits per heavy atom. The molecule has 3 heteroatoms. The Kier molecular flexibility index (Phi) is 10.9. The van der Waals surface area contributed by atoms with Gasteiger partial charge in [0, 0.05) is 0 Å². The monoisotopic (exact) mass is 668 g/mol. The standard InChI is InChI=1S/C15H13.C13H10.C11H17.2ClH.Zr/c1-10-3-5-14-12(7-10)9-13-8-11(2)4-6-15(13)14;1-3-7-12(8-4-1)11-13-9-5-2-6-10-13;1-4-9-7-10(5-2)11(6-3)8-9;;;/h3-9H,1-2H3;1-10H;7,9H,4-6H2,1-3H3;2*1H;/q;;;;;+2/p-2. The Hall–Kier alpha value is -2.31. The van der Waals surface area contributed by atoms with Crippen LogP contribution in [0.4, 0.5) is 0 Å². The summed E-state index contributed by atoms with van der Waals surface area (Å²) < 4.78 is 3.96. The van der Waals surface area contributed by atoms with Crippen molar-refractivity contribution in [2.75, 3.05) is 0 Å². The molecular formula is C39H40Cl2Zr. The molecule has 42 heavy (non-hydrogen) atoms. The third-order valence-corrected chi connectivity index (χ3v) is 17.7. The van der Waals surface area contributed by atoms with Crippen LogP contribution in [0.2, 0.25) is 0 Å². The Morgan fingerprint density at radius 3 is 1.57 bits per heavy atom. The normalized spacial score (nSPS) is 15.1. The summed E-state index contributed by atoms with van der Waals surface area (Å²) in [4.78, 5) is 0. The van der Waals surface area contributed by atoms with Gasteiger partial charge in [0.1, 0.15) is 0 Å². The molecule has 0 nitrogen and oxygen atoms in total. The van der Waals surface area contributed by atoms with E-state index in [1.54, 1.807) is 25.5 Å². The van der Waals surface area contributed by atoms with Gasteiger partial charge in [0.2, 0.25) is 0 Å². The van der Waals surface area contributed by atoms with E-state index in [0.29, 0.717) is 9.54 Å². The van der Waals surface area contributed by atoms with Gasteiger partial charge in [-0.1, -0.05) is 0 Å². The van der Waals surface area contributed by atoms with Crippen LogP contribution in [0.25, 0.3) is 11.1 Å². The molecule has 0 saturated carbocycles. The molecule has 4 aromatic rings.